The SMILES string of the molecule is CC(N)c1ccc(Oc2ccccc2CCO)c(Br)c1. The molecule has 0 saturated carbocycles. The van der Waals surface area contributed by atoms with Crippen molar-refractivity contribution in [2.75, 3.05) is 6.61 Å². The number of halogens is 1. The zero-order chi connectivity index (χ0) is 14.5. The highest BCUT2D eigenvalue weighted by molar-refractivity contribution is 9.10. The number of aliphatic hydroxyl groups excluding tert-OH is 1. The van der Waals surface area contributed by atoms with E-state index in [4.69, 9.17) is 15.6 Å². The molecule has 0 aliphatic heterocycles. The van der Waals surface area contributed by atoms with Gasteiger partial charge in [-0.05, 0) is 58.6 Å². The molecule has 3 nitrogen and oxygen atoms in total. The summed E-state index contributed by atoms with van der Waals surface area (Å²) < 4.78 is 6.80. The molecule has 20 heavy (non-hydrogen) atoms. The van der Waals surface area contributed by atoms with Crippen molar-refractivity contribution in [3.05, 3.63) is 58.1 Å². The van der Waals surface area contributed by atoms with Gasteiger partial charge in [0, 0.05) is 12.6 Å². The van der Waals surface area contributed by atoms with Gasteiger partial charge in [0.05, 0.1) is 4.47 Å². The van der Waals surface area contributed by atoms with E-state index in [0.29, 0.717) is 6.42 Å². The van der Waals surface area contributed by atoms with Gasteiger partial charge >= 0.3 is 0 Å². The monoisotopic (exact) mass is 335 g/mol. The summed E-state index contributed by atoms with van der Waals surface area (Å²) in [6.07, 6.45) is 0.575. The average Bonchev–Trinajstić information content (AvgIpc) is 2.43. The minimum Gasteiger partial charge on any atom is -0.456 e. The van der Waals surface area contributed by atoms with Crippen molar-refractivity contribution in [3.63, 3.8) is 0 Å². The van der Waals surface area contributed by atoms with Gasteiger partial charge in [0.15, 0.2) is 0 Å². The molecule has 4 heteroatoms. The summed E-state index contributed by atoms with van der Waals surface area (Å²) in [6.45, 7) is 2.05. The Labute approximate surface area is 127 Å². The molecule has 0 saturated heterocycles. The van der Waals surface area contributed by atoms with E-state index in [2.05, 4.69) is 15.9 Å². The van der Waals surface area contributed by atoms with E-state index in [-0.39, 0.29) is 12.6 Å². The van der Waals surface area contributed by atoms with E-state index in [1.54, 1.807) is 0 Å². The van der Waals surface area contributed by atoms with Crippen LogP contribution in [0.1, 0.15) is 24.1 Å². The van der Waals surface area contributed by atoms with Gasteiger partial charge in [0.25, 0.3) is 0 Å². The van der Waals surface area contributed by atoms with Gasteiger partial charge in [0.1, 0.15) is 11.5 Å². The molecule has 0 radical (unpaired) electrons. The van der Waals surface area contributed by atoms with Crippen LogP contribution in [0.3, 0.4) is 0 Å². The topological polar surface area (TPSA) is 55.5 Å². The molecule has 2 rings (SSSR count). The molecule has 0 spiro atoms. The standard InChI is InChI=1S/C16H18BrNO2/c1-11(18)13-6-7-16(14(17)10-13)20-15-5-3-2-4-12(15)8-9-19/h2-7,10-11,19H,8-9,18H2,1H3. The van der Waals surface area contributed by atoms with Crippen molar-refractivity contribution in [3.8, 4) is 11.5 Å². The molecule has 2 aromatic rings. The quantitative estimate of drug-likeness (QED) is 0.873. The maximum absolute atomic E-state index is 9.08. The molecule has 0 amide bonds. The maximum atomic E-state index is 9.08. The number of nitrogens with two attached hydrogens (primary N) is 1. The second kappa shape index (κ2) is 6.88. The van der Waals surface area contributed by atoms with Crippen LogP contribution in [0.2, 0.25) is 0 Å². The summed E-state index contributed by atoms with van der Waals surface area (Å²) >= 11 is 3.51. The minimum atomic E-state index is -0.0120. The number of benzene rings is 2. The van der Waals surface area contributed by atoms with Crippen molar-refractivity contribution in [2.24, 2.45) is 5.73 Å². The third-order valence-corrected chi connectivity index (χ3v) is 3.68. The van der Waals surface area contributed by atoms with Crippen LogP contribution >= 0.6 is 15.9 Å². The van der Waals surface area contributed by atoms with Crippen LogP contribution in [-0.2, 0) is 6.42 Å². The molecule has 106 valence electrons. The lowest BCUT2D eigenvalue weighted by Crippen LogP contribution is -2.04. The molecular weight excluding hydrogens is 318 g/mol. The van der Waals surface area contributed by atoms with E-state index in [0.717, 1.165) is 27.1 Å². The lowest BCUT2D eigenvalue weighted by atomic mass is 10.1. The Hall–Kier alpha value is -1.36. The molecule has 0 aliphatic carbocycles. The first-order chi connectivity index (χ1) is 9.61. The van der Waals surface area contributed by atoms with Gasteiger partial charge in [-0.15, -0.1) is 0 Å². The largest absolute Gasteiger partial charge is 0.456 e. The van der Waals surface area contributed by atoms with Crippen molar-refractivity contribution in [1.29, 1.82) is 0 Å². The number of rotatable bonds is 5. The van der Waals surface area contributed by atoms with E-state index in [1.165, 1.54) is 0 Å². The highest BCUT2D eigenvalue weighted by Gasteiger charge is 2.09. The molecule has 0 fully saturated rings. The Balaban J connectivity index is 2.26. The first kappa shape index (κ1) is 15.0. The molecule has 0 heterocycles. The van der Waals surface area contributed by atoms with E-state index >= 15 is 0 Å². The lowest BCUT2D eigenvalue weighted by molar-refractivity contribution is 0.298. The molecule has 2 aromatic carbocycles. The Kier molecular flexibility index (Phi) is 5.17. The van der Waals surface area contributed by atoms with Crippen LogP contribution in [-0.4, -0.2) is 11.7 Å². The molecule has 0 aromatic heterocycles. The van der Waals surface area contributed by atoms with Crippen LogP contribution < -0.4 is 10.5 Å². The van der Waals surface area contributed by atoms with E-state index < -0.39 is 0 Å². The number of hydrogen-bond donors (Lipinski definition) is 2. The predicted octanol–water partition coefficient (Wildman–Crippen LogP) is 3.80. The van der Waals surface area contributed by atoms with Gasteiger partial charge in [-0.1, -0.05) is 24.3 Å². The zero-order valence-electron chi connectivity index (χ0n) is 11.3. The Morgan fingerprint density at radius 2 is 1.95 bits per heavy atom. The summed E-state index contributed by atoms with van der Waals surface area (Å²) in [4.78, 5) is 0. The average molecular weight is 336 g/mol. The molecule has 1 atom stereocenters. The van der Waals surface area contributed by atoms with Crippen molar-refractivity contribution < 1.29 is 9.84 Å². The highest BCUT2D eigenvalue weighted by Crippen LogP contribution is 2.33. The number of hydrogen-bond acceptors (Lipinski definition) is 3. The fraction of sp³-hybridized carbons (Fsp3) is 0.250. The van der Waals surface area contributed by atoms with Gasteiger partial charge in [-0.3, -0.25) is 0 Å². The van der Waals surface area contributed by atoms with Gasteiger partial charge in [-0.25, -0.2) is 0 Å². The Morgan fingerprint density at radius 3 is 2.60 bits per heavy atom. The van der Waals surface area contributed by atoms with Gasteiger partial charge < -0.3 is 15.6 Å². The highest BCUT2D eigenvalue weighted by atomic mass is 79.9. The predicted molar refractivity (Wildman–Crippen MR) is 84.1 cm³/mol. The second-order valence-corrected chi connectivity index (χ2v) is 5.52. The summed E-state index contributed by atoms with van der Waals surface area (Å²) in [7, 11) is 0. The summed E-state index contributed by atoms with van der Waals surface area (Å²) in [5.41, 5.74) is 7.89. The fourth-order valence-corrected chi connectivity index (χ4v) is 2.41. The van der Waals surface area contributed by atoms with Gasteiger partial charge in [-0.2, -0.15) is 0 Å². The molecule has 1 unspecified atom stereocenters. The smallest absolute Gasteiger partial charge is 0.141 e. The summed E-state index contributed by atoms with van der Waals surface area (Å²) in [5, 5.41) is 9.08. The Bertz CT molecular complexity index is 584. The van der Waals surface area contributed by atoms with Crippen molar-refractivity contribution in [2.45, 2.75) is 19.4 Å². The first-order valence-corrected chi connectivity index (χ1v) is 7.32. The maximum Gasteiger partial charge on any atom is 0.141 e. The van der Waals surface area contributed by atoms with Crippen LogP contribution in [0, 0.1) is 0 Å². The van der Waals surface area contributed by atoms with Crippen molar-refractivity contribution in [1.82, 2.24) is 0 Å². The summed E-state index contributed by atoms with van der Waals surface area (Å²) in [6, 6.07) is 13.5. The number of aliphatic hydroxyl groups is 1. The number of para-hydroxylation sites is 1. The molecular formula is C16H18BrNO2. The van der Waals surface area contributed by atoms with E-state index in [9.17, 15) is 0 Å². The molecule has 3 N–H and O–H groups in total. The molecule has 0 aliphatic rings. The minimum absolute atomic E-state index is 0.0120. The van der Waals surface area contributed by atoms with Crippen LogP contribution in [0.4, 0.5) is 0 Å². The Morgan fingerprint density at radius 1 is 1.20 bits per heavy atom. The van der Waals surface area contributed by atoms with Crippen LogP contribution in [0.15, 0.2) is 46.9 Å². The lowest BCUT2D eigenvalue weighted by Gasteiger charge is -2.13. The first-order valence-electron chi connectivity index (χ1n) is 6.53. The number of ether oxygens (including phenoxy) is 1. The normalized spacial score (nSPS) is 12.2. The van der Waals surface area contributed by atoms with Gasteiger partial charge in [0.2, 0.25) is 0 Å². The van der Waals surface area contributed by atoms with E-state index in [1.807, 2.05) is 49.4 Å². The second-order valence-electron chi connectivity index (χ2n) is 4.66. The summed E-state index contributed by atoms with van der Waals surface area (Å²) in [5.74, 6) is 1.50. The third kappa shape index (κ3) is 3.60. The zero-order valence-corrected chi connectivity index (χ0v) is 12.9. The fourth-order valence-electron chi connectivity index (χ4n) is 1.93. The third-order valence-electron chi connectivity index (χ3n) is 3.06. The van der Waals surface area contributed by atoms with Crippen LogP contribution in [0.5, 0.6) is 11.5 Å². The molecule has 0 bridgehead atoms. The van der Waals surface area contributed by atoms with Crippen LogP contribution in [0.25, 0.3) is 0 Å². The van der Waals surface area contributed by atoms with Crippen molar-refractivity contribution >= 4 is 15.9 Å².